The Morgan fingerprint density at radius 2 is 1.56 bits per heavy atom. The monoisotopic (exact) mass is 617 g/mol. The van der Waals surface area contributed by atoms with Crippen LogP contribution in [-0.4, -0.2) is 53.9 Å². The first kappa shape index (κ1) is 32.1. The molecule has 5 aromatic rings. The van der Waals surface area contributed by atoms with Crippen molar-refractivity contribution in [3.05, 3.63) is 112 Å². The largest absolute Gasteiger partial charge is 0.493 e. The summed E-state index contributed by atoms with van der Waals surface area (Å²) in [4.78, 5) is 50.1. The summed E-state index contributed by atoms with van der Waals surface area (Å²) >= 11 is 0. The lowest BCUT2D eigenvalue weighted by molar-refractivity contribution is -0.763. The van der Waals surface area contributed by atoms with Gasteiger partial charge in [0.1, 0.15) is 13.2 Å². The second-order valence-corrected chi connectivity index (χ2v) is 9.39. The molecule has 4 aromatic carbocycles. The lowest BCUT2D eigenvalue weighted by atomic mass is 10.1. The molecule has 0 aliphatic heterocycles. The zero-order chi connectivity index (χ0) is 32.0. The summed E-state index contributed by atoms with van der Waals surface area (Å²) in [6, 6.07) is 26.6. The van der Waals surface area contributed by atoms with E-state index in [1.165, 1.54) is 24.3 Å². The number of aromatic carboxylic acids is 1. The van der Waals surface area contributed by atoms with Crippen LogP contribution in [0.3, 0.4) is 0 Å². The number of benzene rings is 4. The van der Waals surface area contributed by atoms with Crippen LogP contribution in [0.4, 0.5) is 0 Å². The van der Waals surface area contributed by atoms with Crippen LogP contribution in [0.1, 0.15) is 22.3 Å². The Balaban J connectivity index is 0.000000276. The van der Waals surface area contributed by atoms with E-state index in [-0.39, 0.29) is 18.6 Å². The number of H-pyrrole nitrogens is 1. The first-order valence-electron chi connectivity index (χ1n) is 13.8. The van der Waals surface area contributed by atoms with E-state index in [9.17, 15) is 19.7 Å². The highest BCUT2D eigenvalue weighted by atomic mass is 17.2. The van der Waals surface area contributed by atoms with Crippen LogP contribution >= 0.6 is 0 Å². The fraction of sp³-hybridized carbons (Fsp3) is 0.188. The van der Waals surface area contributed by atoms with Crippen LogP contribution in [0.5, 0.6) is 17.2 Å². The normalized spacial score (nSPS) is 10.4. The Bertz CT molecular complexity index is 1740. The number of aromatic amines is 1. The minimum Gasteiger partial charge on any atom is -0.493 e. The minimum absolute atomic E-state index is 0.134. The topological polar surface area (TPSA) is 171 Å². The molecule has 234 valence electrons. The summed E-state index contributed by atoms with van der Waals surface area (Å²) in [5.74, 6) is 0.391. The number of nitrogens with one attached hydrogen (secondary N) is 2. The fourth-order valence-corrected chi connectivity index (χ4v) is 4.23. The maximum atomic E-state index is 12.0. The van der Waals surface area contributed by atoms with Crippen molar-refractivity contribution in [3.8, 4) is 17.2 Å². The van der Waals surface area contributed by atoms with Crippen LogP contribution in [0.15, 0.2) is 91.0 Å². The van der Waals surface area contributed by atoms with Crippen molar-refractivity contribution in [1.82, 2.24) is 10.3 Å². The van der Waals surface area contributed by atoms with E-state index in [1.807, 2.05) is 60.7 Å². The Labute approximate surface area is 257 Å². The van der Waals surface area contributed by atoms with Gasteiger partial charge in [0.25, 0.3) is 5.09 Å². The molecule has 0 aliphatic rings. The predicted octanol–water partition coefficient (Wildman–Crippen LogP) is 5.32. The molecule has 0 unspecified atom stereocenters. The van der Waals surface area contributed by atoms with E-state index < -0.39 is 17.0 Å². The zero-order valence-electron chi connectivity index (χ0n) is 24.3. The summed E-state index contributed by atoms with van der Waals surface area (Å²) in [5, 5.41) is 22.5. The minimum atomic E-state index is -1.04. The molecule has 13 heteroatoms. The number of carboxylic acid groups (broad SMARTS) is 1. The van der Waals surface area contributed by atoms with Gasteiger partial charge in [-0.25, -0.2) is 9.59 Å². The van der Waals surface area contributed by atoms with Crippen molar-refractivity contribution in [2.75, 3.05) is 26.8 Å². The molecule has 0 aliphatic carbocycles. The van der Waals surface area contributed by atoms with Gasteiger partial charge >= 0.3 is 11.9 Å². The molecular formula is C32H31N3O10. The summed E-state index contributed by atoms with van der Waals surface area (Å²) in [6.45, 7) is 1.32. The number of nitrogens with zero attached hydrogens (tertiary/aromatic N) is 1. The van der Waals surface area contributed by atoms with E-state index >= 15 is 0 Å². The van der Waals surface area contributed by atoms with Gasteiger partial charge in [0.2, 0.25) is 0 Å². The molecule has 0 bridgehead atoms. The summed E-state index contributed by atoms with van der Waals surface area (Å²) < 4.78 is 10.9. The summed E-state index contributed by atoms with van der Waals surface area (Å²) in [5.41, 5.74) is 2.60. The van der Waals surface area contributed by atoms with Gasteiger partial charge < -0.3 is 29.7 Å². The maximum Gasteiger partial charge on any atom is 0.356 e. The van der Waals surface area contributed by atoms with E-state index in [0.717, 1.165) is 21.8 Å². The van der Waals surface area contributed by atoms with Crippen molar-refractivity contribution in [1.29, 1.82) is 0 Å². The SMILES string of the molecule is COc1ccccc1OCCNCCC(=O)OOc1cccc2[nH]c3ccccc3c12.O=C(O)c1ccc(CO[N+](=O)[O-])cc1. The average Bonchev–Trinajstić information content (AvgIpc) is 3.44. The van der Waals surface area contributed by atoms with Crippen LogP contribution < -0.4 is 19.7 Å². The second kappa shape index (κ2) is 16.1. The van der Waals surface area contributed by atoms with Crippen molar-refractivity contribution >= 4 is 33.7 Å². The van der Waals surface area contributed by atoms with Gasteiger partial charge in [-0.3, -0.25) is 9.78 Å². The Morgan fingerprint density at radius 1 is 0.867 bits per heavy atom. The lowest BCUT2D eigenvalue weighted by Gasteiger charge is -2.10. The number of rotatable bonds is 14. The zero-order valence-corrected chi connectivity index (χ0v) is 24.3. The highest BCUT2D eigenvalue weighted by Gasteiger charge is 2.12. The number of hydrogen-bond donors (Lipinski definition) is 3. The van der Waals surface area contributed by atoms with Crippen molar-refractivity contribution in [2.45, 2.75) is 13.0 Å². The van der Waals surface area contributed by atoms with Gasteiger partial charge in [0.05, 0.1) is 30.0 Å². The number of carbonyl (C=O) groups excluding carboxylic acids is 1. The van der Waals surface area contributed by atoms with E-state index in [1.54, 1.807) is 13.2 Å². The predicted molar refractivity (Wildman–Crippen MR) is 164 cm³/mol. The summed E-state index contributed by atoms with van der Waals surface area (Å²) in [7, 11) is 1.60. The van der Waals surface area contributed by atoms with Crippen molar-refractivity contribution < 1.29 is 43.9 Å². The molecule has 45 heavy (non-hydrogen) atoms. The number of methoxy groups -OCH3 is 1. The Morgan fingerprint density at radius 3 is 2.29 bits per heavy atom. The van der Waals surface area contributed by atoms with Gasteiger partial charge in [-0.15, -0.1) is 10.1 Å². The maximum absolute atomic E-state index is 12.0. The molecule has 0 saturated heterocycles. The lowest BCUT2D eigenvalue weighted by Crippen LogP contribution is -2.24. The number of carboxylic acids is 1. The molecule has 0 radical (unpaired) electrons. The molecule has 1 aromatic heterocycles. The molecule has 0 atom stereocenters. The molecule has 13 nitrogen and oxygen atoms in total. The molecule has 1 heterocycles. The van der Waals surface area contributed by atoms with Gasteiger partial charge in [0.15, 0.2) is 17.2 Å². The number of para-hydroxylation sites is 3. The number of carbonyl (C=O) groups is 2. The van der Waals surface area contributed by atoms with Gasteiger partial charge in [-0.05, 0) is 48.0 Å². The fourth-order valence-electron chi connectivity index (χ4n) is 4.23. The number of aromatic nitrogens is 1. The van der Waals surface area contributed by atoms with Crippen molar-refractivity contribution in [2.24, 2.45) is 0 Å². The number of fused-ring (bicyclic) bond motifs is 3. The molecular weight excluding hydrogens is 586 g/mol. The number of hydrogen-bond acceptors (Lipinski definition) is 10. The smallest absolute Gasteiger partial charge is 0.356 e. The molecule has 0 amide bonds. The third-order valence-corrected chi connectivity index (χ3v) is 6.37. The van der Waals surface area contributed by atoms with Crippen molar-refractivity contribution in [3.63, 3.8) is 0 Å². The van der Waals surface area contributed by atoms with Crippen LogP contribution in [0, 0.1) is 10.1 Å². The Kier molecular flexibility index (Phi) is 11.5. The van der Waals surface area contributed by atoms with Crippen LogP contribution in [0.25, 0.3) is 21.8 Å². The second-order valence-electron chi connectivity index (χ2n) is 9.39. The molecule has 3 N–H and O–H groups in total. The van der Waals surface area contributed by atoms with Crippen LogP contribution in [-0.2, 0) is 21.1 Å². The molecule has 0 fully saturated rings. The van der Waals surface area contributed by atoms with E-state index in [4.69, 9.17) is 24.4 Å². The van der Waals surface area contributed by atoms with Crippen LogP contribution in [0.2, 0.25) is 0 Å². The first-order chi connectivity index (χ1) is 21.9. The number of ether oxygens (including phenoxy) is 2. The Hall–Kier alpha value is -5.82. The molecule has 0 spiro atoms. The molecule has 0 saturated carbocycles. The summed E-state index contributed by atoms with van der Waals surface area (Å²) in [6.07, 6.45) is 0.179. The molecule has 5 rings (SSSR count). The standard InChI is InChI=1S/C24H24N2O5.C8H7NO5/c1-28-20-10-4-5-11-21(20)29-16-15-25-14-13-23(27)31-30-22-12-6-9-19-24(22)17-7-2-3-8-18(17)26-19;10-8(11)7-3-1-6(2-4-7)5-14-9(12)13/h2-12,25-26H,13-16H2,1H3;1-4H,5H2,(H,10,11). The van der Waals surface area contributed by atoms with E-state index in [2.05, 4.69) is 15.1 Å². The third-order valence-electron chi connectivity index (χ3n) is 6.37. The highest BCUT2D eigenvalue weighted by molar-refractivity contribution is 6.10. The third kappa shape index (κ3) is 9.33. The quantitative estimate of drug-likeness (QED) is 0.0637. The van der Waals surface area contributed by atoms with Gasteiger partial charge in [0, 0.05) is 24.0 Å². The average molecular weight is 618 g/mol. The van der Waals surface area contributed by atoms with Gasteiger partial charge in [-0.1, -0.05) is 48.5 Å². The first-order valence-corrected chi connectivity index (χ1v) is 13.8. The van der Waals surface area contributed by atoms with Gasteiger partial charge in [-0.2, -0.15) is 0 Å². The van der Waals surface area contributed by atoms with E-state index in [0.29, 0.717) is 42.5 Å². The highest BCUT2D eigenvalue weighted by Crippen LogP contribution is 2.33.